The Morgan fingerprint density at radius 2 is 1.86 bits per heavy atom. The normalized spacial score (nSPS) is 12.1. The van der Waals surface area contributed by atoms with Crippen molar-refractivity contribution in [3.8, 4) is 0 Å². The van der Waals surface area contributed by atoms with E-state index < -0.39 is 6.04 Å². The molecule has 194 valence electrons. The molecule has 0 aliphatic rings. The van der Waals surface area contributed by atoms with Gasteiger partial charge in [-0.2, -0.15) is 4.98 Å². The summed E-state index contributed by atoms with van der Waals surface area (Å²) in [5, 5.41) is 4.35. The quantitative estimate of drug-likeness (QED) is 0.321. The van der Waals surface area contributed by atoms with E-state index in [1.165, 1.54) is 0 Å². The van der Waals surface area contributed by atoms with Crippen LogP contribution in [0.4, 0.5) is 0 Å². The number of hydrogen-bond donors (Lipinski definition) is 1. The molecule has 1 atom stereocenters. The third-order valence-corrected chi connectivity index (χ3v) is 6.62. The zero-order valence-corrected chi connectivity index (χ0v) is 21.8. The molecule has 0 fully saturated rings. The SMILES string of the molecule is CCCc1cccc(C(=O)N(CCCN)C(CC)c2nc3onc(C)c3c(=O)n2Cc2ccccc2)c1. The Morgan fingerprint density at radius 1 is 1.11 bits per heavy atom. The van der Waals surface area contributed by atoms with Crippen LogP contribution in [0, 0.1) is 6.92 Å². The van der Waals surface area contributed by atoms with Crippen LogP contribution in [0.1, 0.15) is 72.2 Å². The predicted octanol–water partition coefficient (Wildman–Crippen LogP) is 4.64. The molecule has 4 rings (SSSR count). The van der Waals surface area contributed by atoms with Gasteiger partial charge in [0.25, 0.3) is 17.2 Å². The third-order valence-electron chi connectivity index (χ3n) is 6.62. The fourth-order valence-corrected chi connectivity index (χ4v) is 4.77. The monoisotopic (exact) mass is 501 g/mol. The summed E-state index contributed by atoms with van der Waals surface area (Å²) in [5.74, 6) is 0.377. The van der Waals surface area contributed by atoms with Gasteiger partial charge in [0.2, 0.25) is 0 Å². The van der Waals surface area contributed by atoms with Gasteiger partial charge in [-0.05, 0) is 56.0 Å². The summed E-state index contributed by atoms with van der Waals surface area (Å²) >= 11 is 0. The average Bonchev–Trinajstić information content (AvgIpc) is 3.29. The second kappa shape index (κ2) is 12.0. The minimum atomic E-state index is -0.458. The van der Waals surface area contributed by atoms with Gasteiger partial charge in [-0.1, -0.05) is 67.9 Å². The number of fused-ring (bicyclic) bond motifs is 1. The van der Waals surface area contributed by atoms with Crippen LogP contribution >= 0.6 is 0 Å². The number of nitrogens with two attached hydrogens (primary N) is 1. The van der Waals surface area contributed by atoms with Gasteiger partial charge in [-0.15, -0.1) is 0 Å². The van der Waals surface area contributed by atoms with Crippen molar-refractivity contribution >= 4 is 17.0 Å². The molecule has 4 aromatic rings. The van der Waals surface area contributed by atoms with Crippen molar-refractivity contribution in [2.45, 2.75) is 59.0 Å². The first kappa shape index (κ1) is 26.3. The Kier molecular flexibility index (Phi) is 8.50. The molecule has 0 aliphatic heterocycles. The van der Waals surface area contributed by atoms with Crippen molar-refractivity contribution in [1.29, 1.82) is 0 Å². The van der Waals surface area contributed by atoms with E-state index in [9.17, 15) is 9.59 Å². The van der Waals surface area contributed by atoms with Gasteiger partial charge in [0.05, 0.1) is 18.3 Å². The van der Waals surface area contributed by atoms with Crippen LogP contribution < -0.4 is 11.3 Å². The number of rotatable bonds is 11. The van der Waals surface area contributed by atoms with E-state index in [0.29, 0.717) is 54.9 Å². The van der Waals surface area contributed by atoms with Crippen LogP contribution in [-0.4, -0.2) is 38.6 Å². The van der Waals surface area contributed by atoms with Crippen LogP contribution in [-0.2, 0) is 13.0 Å². The Morgan fingerprint density at radius 3 is 2.57 bits per heavy atom. The summed E-state index contributed by atoms with van der Waals surface area (Å²) in [6.07, 6.45) is 3.09. The van der Waals surface area contributed by atoms with Crippen molar-refractivity contribution in [1.82, 2.24) is 19.6 Å². The minimum Gasteiger partial charge on any atom is -0.335 e. The standard InChI is InChI=1S/C29H35N5O3/c1-4-11-21-14-9-15-23(18-21)28(35)33(17-10-16-30)24(5-2)26-31-27-25(20(3)32-37-27)29(36)34(26)19-22-12-7-6-8-13-22/h6-9,12-15,18,24H,4-5,10-11,16-17,19,30H2,1-3H3. The van der Waals surface area contributed by atoms with Gasteiger partial charge < -0.3 is 15.2 Å². The predicted molar refractivity (Wildman–Crippen MR) is 145 cm³/mol. The zero-order chi connectivity index (χ0) is 26.4. The van der Waals surface area contributed by atoms with Crippen LogP contribution in [0.5, 0.6) is 0 Å². The minimum absolute atomic E-state index is 0.104. The first-order valence-electron chi connectivity index (χ1n) is 13.0. The average molecular weight is 502 g/mol. The number of nitrogens with zero attached hydrogens (tertiary/aromatic N) is 4. The lowest BCUT2D eigenvalue weighted by Gasteiger charge is -2.32. The van der Waals surface area contributed by atoms with E-state index in [1.54, 1.807) is 16.4 Å². The second-order valence-corrected chi connectivity index (χ2v) is 9.31. The lowest BCUT2D eigenvalue weighted by Crippen LogP contribution is -2.40. The van der Waals surface area contributed by atoms with Gasteiger partial charge in [0, 0.05) is 12.1 Å². The highest BCUT2D eigenvalue weighted by Gasteiger charge is 2.30. The highest BCUT2D eigenvalue weighted by atomic mass is 16.5. The molecule has 8 heteroatoms. The smallest absolute Gasteiger partial charge is 0.267 e. The fraction of sp³-hybridized carbons (Fsp3) is 0.379. The van der Waals surface area contributed by atoms with E-state index in [2.05, 4.69) is 12.1 Å². The summed E-state index contributed by atoms with van der Waals surface area (Å²) in [6, 6.07) is 17.1. The molecule has 2 aromatic heterocycles. The summed E-state index contributed by atoms with van der Waals surface area (Å²) in [5.41, 5.74) is 9.03. The third kappa shape index (κ3) is 5.64. The molecule has 2 heterocycles. The van der Waals surface area contributed by atoms with E-state index in [-0.39, 0.29) is 17.2 Å². The molecule has 0 saturated heterocycles. The molecule has 0 aliphatic carbocycles. The number of benzene rings is 2. The Labute approximate surface area is 217 Å². The maximum atomic E-state index is 13.9. The largest absolute Gasteiger partial charge is 0.335 e. The van der Waals surface area contributed by atoms with Crippen molar-refractivity contribution < 1.29 is 9.32 Å². The molecule has 1 unspecified atom stereocenters. The molecule has 0 saturated carbocycles. The molecular formula is C29H35N5O3. The van der Waals surface area contributed by atoms with Gasteiger partial charge in [0.1, 0.15) is 11.2 Å². The first-order valence-corrected chi connectivity index (χ1v) is 13.0. The molecule has 0 spiro atoms. The van der Waals surface area contributed by atoms with Crippen LogP contribution in [0.2, 0.25) is 0 Å². The number of aromatic nitrogens is 3. The molecule has 2 N–H and O–H groups in total. The van der Waals surface area contributed by atoms with E-state index >= 15 is 0 Å². The lowest BCUT2D eigenvalue weighted by molar-refractivity contribution is 0.0655. The number of carbonyl (C=O) groups excluding carboxylic acids is 1. The summed E-state index contributed by atoms with van der Waals surface area (Å²) in [6.45, 7) is 7.06. The summed E-state index contributed by atoms with van der Waals surface area (Å²) in [4.78, 5) is 34.3. The lowest BCUT2D eigenvalue weighted by atomic mass is 10.0. The first-order chi connectivity index (χ1) is 18.0. The van der Waals surface area contributed by atoms with Crippen LogP contribution in [0.15, 0.2) is 63.9 Å². The van der Waals surface area contributed by atoms with Gasteiger partial charge in [-0.25, -0.2) is 0 Å². The number of amides is 1. The Hall–Kier alpha value is -3.78. The zero-order valence-electron chi connectivity index (χ0n) is 21.8. The van der Waals surface area contributed by atoms with Gasteiger partial charge in [0.15, 0.2) is 0 Å². The molecule has 1 amide bonds. The van der Waals surface area contributed by atoms with Gasteiger partial charge in [-0.3, -0.25) is 14.2 Å². The molecule has 8 nitrogen and oxygen atoms in total. The van der Waals surface area contributed by atoms with Crippen molar-refractivity contribution in [2.24, 2.45) is 5.73 Å². The Bertz CT molecular complexity index is 1410. The molecular weight excluding hydrogens is 466 g/mol. The molecule has 2 aromatic carbocycles. The maximum absolute atomic E-state index is 13.9. The highest BCUT2D eigenvalue weighted by molar-refractivity contribution is 5.94. The molecule has 37 heavy (non-hydrogen) atoms. The molecule has 0 radical (unpaired) electrons. The second-order valence-electron chi connectivity index (χ2n) is 9.31. The fourth-order valence-electron chi connectivity index (χ4n) is 4.77. The molecule has 0 bridgehead atoms. The number of hydrogen-bond acceptors (Lipinski definition) is 6. The van der Waals surface area contributed by atoms with E-state index in [4.69, 9.17) is 15.2 Å². The summed E-state index contributed by atoms with van der Waals surface area (Å²) in [7, 11) is 0. The van der Waals surface area contributed by atoms with E-state index in [1.807, 2.05) is 61.5 Å². The Balaban J connectivity index is 1.85. The highest BCUT2D eigenvalue weighted by Crippen LogP contribution is 2.27. The van der Waals surface area contributed by atoms with Crippen LogP contribution in [0.25, 0.3) is 11.1 Å². The summed E-state index contributed by atoms with van der Waals surface area (Å²) < 4.78 is 7.08. The van der Waals surface area contributed by atoms with Crippen molar-refractivity contribution in [3.05, 3.63) is 93.2 Å². The number of carbonyl (C=O) groups is 1. The topological polar surface area (TPSA) is 107 Å². The van der Waals surface area contributed by atoms with Crippen LogP contribution in [0.3, 0.4) is 0 Å². The maximum Gasteiger partial charge on any atom is 0.267 e. The van der Waals surface area contributed by atoms with E-state index in [0.717, 1.165) is 24.0 Å². The van der Waals surface area contributed by atoms with Gasteiger partial charge >= 0.3 is 0 Å². The number of aryl methyl sites for hydroxylation is 2. The van der Waals surface area contributed by atoms with Crippen molar-refractivity contribution in [2.75, 3.05) is 13.1 Å². The van der Waals surface area contributed by atoms with Crippen molar-refractivity contribution in [3.63, 3.8) is 0 Å².